The van der Waals surface area contributed by atoms with Crippen molar-refractivity contribution >= 4 is 26.0 Å². The summed E-state index contributed by atoms with van der Waals surface area (Å²) in [5, 5.41) is 0. The van der Waals surface area contributed by atoms with E-state index in [1.807, 2.05) is 0 Å². The topological polar surface area (TPSA) is 76.3 Å². The van der Waals surface area contributed by atoms with Gasteiger partial charge in [0.15, 0.2) is 0 Å². The number of rotatable bonds is 2. The van der Waals surface area contributed by atoms with E-state index in [0.717, 1.165) is 19.3 Å². The molecule has 2 aliphatic rings. The Labute approximate surface area is 127 Å². The van der Waals surface area contributed by atoms with Gasteiger partial charge in [0.05, 0.1) is 0 Å². The van der Waals surface area contributed by atoms with Crippen molar-refractivity contribution in [3.8, 4) is 0 Å². The third-order valence-corrected chi connectivity index (χ3v) is 6.60. The second kappa shape index (κ2) is 5.36. The van der Waals surface area contributed by atoms with Gasteiger partial charge in [-0.05, 0) is 53.1 Å². The zero-order valence-corrected chi connectivity index (χ0v) is 13.5. The Kier molecular flexibility index (Phi) is 3.87. The molecule has 1 saturated heterocycles. The van der Waals surface area contributed by atoms with Crippen LogP contribution < -0.4 is 5.73 Å². The molecule has 5 nitrogen and oxygen atoms in total. The quantitative estimate of drug-likeness (QED) is 0.869. The first-order valence-electron chi connectivity index (χ1n) is 6.83. The SMILES string of the molecule is NC1CC[C@@H]2CN(S(=O)(=O)c3cncc(Br)c3)C[C@@H]2C1. The molecule has 3 rings (SSSR count). The van der Waals surface area contributed by atoms with Crippen LogP contribution in [0.2, 0.25) is 0 Å². The summed E-state index contributed by atoms with van der Waals surface area (Å²) in [6, 6.07) is 1.84. The summed E-state index contributed by atoms with van der Waals surface area (Å²) in [4.78, 5) is 4.21. The van der Waals surface area contributed by atoms with Crippen molar-refractivity contribution < 1.29 is 8.42 Å². The smallest absolute Gasteiger partial charge is 0.244 e. The minimum atomic E-state index is -3.44. The molecular formula is C13H18BrN3O2S. The molecule has 0 aromatic carbocycles. The van der Waals surface area contributed by atoms with E-state index in [1.54, 1.807) is 16.6 Å². The summed E-state index contributed by atoms with van der Waals surface area (Å²) in [7, 11) is -3.44. The van der Waals surface area contributed by atoms with Crippen molar-refractivity contribution in [3.05, 3.63) is 22.9 Å². The molecule has 2 heterocycles. The molecule has 7 heteroatoms. The molecule has 3 atom stereocenters. The Bertz CT molecular complexity index is 607. The van der Waals surface area contributed by atoms with Gasteiger partial charge in [0, 0.05) is 36.0 Å². The summed E-state index contributed by atoms with van der Waals surface area (Å²) in [6.07, 6.45) is 5.98. The van der Waals surface area contributed by atoms with Crippen LogP contribution in [-0.2, 0) is 10.0 Å². The standard InChI is InChI=1S/C13H18BrN3O2S/c14-11-4-13(6-16-5-11)20(18,19)17-7-9-1-2-12(15)3-10(9)8-17/h4-6,9-10,12H,1-3,7-8,15H2/t9-,10+,12?/m1/s1. The summed E-state index contributed by atoms with van der Waals surface area (Å²) in [5.41, 5.74) is 5.99. The number of sulfonamides is 1. The molecule has 1 aliphatic heterocycles. The number of pyridine rings is 1. The van der Waals surface area contributed by atoms with Crippen molar-refractivity contribution in [2.24, 2.45) is 17.6 Å². The number of hydrogen-bond donors (Lipinski definition) is 1. The van der Waals surface area contributed by atoms with Crippen molar-refractivity contribution in [1.82, 2.24) is 9.29 Å². The molecule has 110 valence electrons. The van der Waals surface area contributed by atoms with Crippen LogP contribution in [0, 0.1) is 11.8 Å². The largest absolute Gasteiger partial charge is 0.328 e. The van der Waals surface area contributed by atoms with Gasteiger partial charge in [0.1, 0.15) is 4.90 Å². The summed E-state index contributed by atoms with van der Waals surface area (Å²) >= 11 is 3.27. The zero-order valence-electron chi connectivity index (χ0n) is 11.1. The molecule has 2 N–H and O–H groups in total. The van der Waals surface area contributed by atoms with Gasteiger partial charge in [-0.15, -0.1) is 0 Å². The first-order valence-corrected chi connectivity index (χ1v) is 9.06. The van der Waals surface area contributed by atoms with E-state index in [-0.39, 0.29) is 10.9 Å². The fourth-order valence-corrected chi connectivity index (χ4v) is 5.36. The van der Waals surface area contributed by atoms with Gasteiger partial charge >= 0.3 is 0 Å². The molecule has 0 amide bonds. The molecule has 1 aliphatic carbocycles. The molecule has 0 bridgehead atoms. The second-order valence-corrected chi connectivity index (χ2v) is 8.61. The van der Waals surface area contributed by atoms with E-state index in [2.05, 4.69) is 20.9 Å². The Balaban J connectivity index is 1.83. The van der Waals surface area contributed by atoms with Crippen molar-refractivity contribution in [2.45, 2.75) is 30.2 Å². The Morgan fingerprint density at radius 2 is 2.00 bits per heavy atom. The highest BCUT2D eigenvalue weighted by Gasteiger charge is 2.41. The predicted molar refractivity (Wildman–Crippen MR) is 79.5 cm³/mol. The van der Waals surface area contributed by atoms with Crippen molar-refractivity contribution in [1.29, 1.82) is 0 Å². The minimum absolute atomic E-state index is 0.228. The first kappa shape index (κ1) is 14.4. The van der Waals surface area contributed by atoms with Crippen LogP contribution in [0.4, 0.5) is 0 Å². The molecule has 1 saturated carbocycles. The van der Waals surface area contributed by atoms with Gasteiger partial charge in [-0.3, -0.25) is 4.98 Å². The van der Waals surface area contributed by atoms with Crippen LogP contribution in [-0.4, -0.2) is 36.8 Å². The highest BCUT2D eigenvalue weighted by atomic mass is 79.9. The number of nitrogens with zero attached hydrogens (tertiary/aromatic N) is 2. The van der Waals surface area contributed by atoms with Gasteiger partial charge in [-0.1, -0.05) is 0 Å². The van der Waals surface area contributed by atoms with Gasteiger partial charge in [0.2, 0.25) is 10.0 Å². The number of hydrogen-bond acceptors (Lipinski definition) is 4. The fourth-order valence-electron chi connectivity index (χ4n) is 3.30. The third kappa shape index (κ3) is 2.64. The lowest BCUT2D eigenvalue weighted by molar-refractivity contribution is 0.271. The molecule has 0 spiro atoms. The monoisotopic (exact) mass is 359 g/mol. The summed E-state index contributed by atoms with van der Waals surface area (Å²) < 4.78 is 27.6. The lowest BCUT2D eigenvalue weighted by Gasteiger charge is -2.28. The Morgan fingerprint density at radius 1 is 1.25 bits per heavy atom. The molecular weight excluding hydrogens is 342 g/mol. The molecule has 0 radical (unpaired) electrons. The normalized spacial score (nSPS) is 31.2. The van der Waals surface area contributed by atoms with Crippen molar-refractivity contribution in [2.75, 3.05) is 13.1 Å². The third-order valence-electron chi connectivity index (χ3n) is 4.37. The maximum Gasteiger partial charge on any atom is 0.244 e. The number of halogens is 1. The van der Waals surface area contributed by atoms with E-state index in [0.29, 0.717) is 29.4 Å². The highest BCUT2D eigenvalue weighted by Crippen LogP contribution is 2.38. The Morgan fingerprint density at radius 3 is 2.75 bits per heavy atom. The highest BCUT2D eigenvalue weighted by molar-refractivity contribution is 9.10. The van der Waals surface area contributed by atoms with Crippen LogP contribution in [0.15, 0.2) is 27.8 Å². The first-order chi connectivity index (χ1) is 9.46. The number of fused-ring (bicyclic) bond motifs is 1. The maximum atomic E-state index is 12.6. The van der Waals surface area contributed by atoms with Gasteiger partial charge in [-0.2, -0.15) is 4.31 Å². The second-order valence-electron chi connectivity index (χ2n) is 5.75. The fraction of sp³-hybridized carbons (Fsp3) is 0.615. The zero-order chi connectivity index (χ0) is 14.3. The van der Waals surface area contributed by atoms with Crippen LogP contribution in [0.3, 0.4) is 0 Å². The van der Waals surface area contributed by atoms with Gasteiger partial charge in [0.25, 0.3) is 0 Å². The molecule has 2 fully saturated rings. The average Bonchev–Trinajstić information content (AvgIpc) is 2.82. The minimum Gasteiger partial charge on any atom is -0.328 e. The van der Waals surface area contributed by atoms with E-state index in [1.165, 1.54) is 6.20 Å². The lowest BCUT2D eigenvalue weighted by Crippen LogP contribution is -2.32. The molecule has 1 unspecified atom stereocenters. The van der Waals surface area contributed by atoms with Gasteiger partial charge in [-0.25, -0.2) is 8.42 Å². The summed E-state index contributed by atoms with van der Waals surface area (Å²) in [6.45, 7) is 1.21. The van der Waals surface area contributed by atoms with Crippen LogP contribution in [0.5, 0.6) is 0 Å². The van der Waals surface area contributed by atoms with Crippen LogP contribution in [0.1, 0.15) is 19.3 Å². The molecule has 20 heavy (non-hydrogen) atoms. The Hall–Kier alpha value is -0.500. The van der Waals surface area contributed by atoms with Crippen molar-refractivity contribution in [3.63, 3.8) is 0 Å². The average molecular weight is 360 g/mol. The van der Waals surface area contributed by atoms with E-state index >= 15 is 0 Å². The van der Waals surface area contributed by atoms with E-state index in [4.69, 9.17) is 5.73 Å². The number of nitrogens with two attached hydrogens (primary N) is 1. The summed E-state index contributed by atoms with van der Waals surface area (Å²) in [5.74, 6) is 0.873. The number of aromatic nitrogens is 1. The van der Waals surface area contributed by atoms with E-state index in [9.17, 15) is 8.42 Å². The van der Waals surface area contributed by atoms with Crippen LogP contribution in [0.25, 0.3) is 0 Å². The maximum absolute atomic E-state index is 12.6. The van der Waals surface area contributed by atoms with Crippen LogP contribution >= 0.6 is 15.9 Å². The predicted octanol–water partition coefficient (Wildman–Crippen LogP) is 1.59. The van der Waals surface area contributed by atoms with Gasteiger partial charge < -0.3 is 5.73 Å². The molecule has 1 aromatic heterocycles. The van der Waals surface area contributed by atoms with E-state index < -0.39 is 10.0 Å². The lowest BCUT2D eigenvalue weighted by atomic mass is 9.79. The molecule has 1 aromatic rings.